The lowest BCUT2D eigenvalue weighted by Gasteiger charge is -2.32. The highest BCUT2D eigenvalue weighted by molar-refractivity contribution is 5.98. The molecule has 4 rings (SSSR count). The molecule has 2 aliphatic heterocycles. The van der Waals surface area contributed by atoms with Crippen LogP contribution in [0.1, 0.15) is 55.3 Å². The van der Waals surface area contributed by atoms with E-state index in [1.54, 1.807) is 12.1 Å². The first-order valence-electron chi connectivity index (χ1n) is 14.3. The number of nitrogens with two attached hydrogens (primary N) is 1. The summed E-state index contributed by atoms with van der Waals surface area (Å²) in [5.41, 5.74) is 6.52. The molecule has 0 radical (unpaired) electrons. The number of benzene rings is 1. The molecule has 2 heterocycles. The summed E-state index contributed by atoms with van der Waals surface area (Å²) in [5.74, 6) is -6.14. The third kappa shape index (κ3) is 11.5. The van der Waals surface area contributed by atoms with E-state index < -0.39 is 36.3 Å². The summed E-state index contributed by atoms with van der Waals surface area (Å²) >= 11 is 0. The Labute approximate surface area is 259 Å². The summed E-state index contributed by atoms with van der Waals surface area (Å²) in [6, 6.07) is 5.84. The maximum atomic E-state index is 13.5. The van der Waals surface area contributed by atoms with E-state index in [0.29, 0.717) is 31.1 Å². The molecule has 18 heteroatoms. The summed E-state index contributed by atoms with van der Waals surface area (Å²) in [5, 5.41) is 26.2. The number of nitrogens with zero attached hydrogens (tertiary/aromatic N) is 2. The number of amides is 2. The van der Waals surface area contributed by atoms with Gasteiger partial charge >= 0.3 is 30.3 Å². The highest BCUT2D eigenvalue weighted by atomic mass is 19.4. The highest BCUT2D eigenvalue weighted by Gasteiger charge is 2.44. The van der Waals surface area contributed by atoms with Gasteiger partial charge in [0.25, 0.3) is 0 Å². The fourth-order valence-electron chi connectivity index (χ4n) is 5.48. The van der Waals surface area contributed by atoms with E-state index in [9.17, 15) is 40.7 Å². The number of rotatable bonds is 6. The Hall–Kier alpha value is -3.93. The quantitative estimate of drug-likeness (QED) is 0.281. The van der Waals surface area contributed by atoms with Crippen molar-refractivity contribution in [3.63, 3.8) is 0 Å². The maximum Gasteiger partial charge on any atom is 0.490 e. The van der Waals surface area contributed by atoms with Gasteiger partial charge in [-0.1, -0.05) is 0 Å². The highest BCUT2D eigenvalue weighted by Crippen LogP contribution is 2.33. The Bertz CT molecular complexity index is 1190. The minimum atomic E-state index is -5.08. The van der Waals surface area contributed by atoms with Crippen LogP contribution in [0.4, 0.5) is 32.0 Å². The van der Waals surface area contributed by atoms with E-state index in [1.165, 1.54) is 25.0 Å². The Kier molecular flexibility index (Phi) is 13.8. The number of halogens is 6. The standard InChI is InChI=1S/C24H34N4O4.2C2HF3O2/c25-14-16-3-5-17(6-4-16)23(30)28-15-20(27-11-1-2-12-27)13-21(28)22(29)26-19-9-7-18(8-10-19)24(31)32;2*3-2(4,5)1(6)7/h7-10,16-17,20-21H,1-6,11-15,25H2,(H,26,29)(H,31,32);2*(H,6,7)/t16?,17?,20-,21-;;/m0../s1. The van der Waals surface area contributed by atoms with Gasteiger partial charge in [0.2, 0.25) is 11.8 Å². The molecule has 2 saturated heterocycles. The van der Waals surface area contributed by atoms with E-state index in [2.05, 4.69) is 10.2 Å². The van der Waals surface area contributed by atoms with Crippen LogP contribution in [-0.4, -0.2) is 105 Å². The van der Waals surface area contributed by atoms with Crippen molar-refractivity contribution >= 4 is 35.4 Å². The van der Waals surface area contributed by atoms with E-state index >= 15 is 0 Å². The van der Waals surface area contributed by atoms with Gasteiger partial charge in [0.1, 0.15) is 6.04 Å². The molecule has 6 N–H and O–H groups in total. The van der Waals surface area contributed by atoms with Crippen LogP contribution < -0.4 is 11.1 Å². The number of carbonyl (C=O) groups is 5. The average Bonchev–Trinajstić information content (AvgIpc) is 3.68. The summed E-state index contributed by atoms with van der Waals surface area (Å²) in [6.45, 7) is 3.33. The molecular formula is C28H36F6N4O8. The first-order chi connectivity index (χ1) is 21.3. The van der Waals surface area contributed by atoms with Crippen molar-refractivity contribution < 1.29 is 65.6 Å². The Morgan fingerprint density at radius 1 is 0.826 bits per heavy atom. The van der Waals surface area contributed by atoms with E-state index in [4.69, 9.17) is 30.6 Å². The molecule has 3 fully saturated rings. The molecule has 1 aromatic rings. The minimum absolute atomic E-state index is 0.0275. The van der Waals surface area contributed by atoms with Crippen molar-refractivity contribution in [2.24, 2.45) is 17.6 Å². The van der Waals surface area contributed by atoms with Crippen LogP contribution >= 0.6 is 0 Å². The fraction of sp³-hybridized carbons (Fsp3) is 0.607. The number of nitrogens with one attached hydrogen (secondary N) is 1. The molecule has 1 aromatic carbocycles. The topological polar surface area (TPSA) is 191 Å². The number of anilines is 1. The molecule has 0 unspecified atom stereocenters. The normalized spacial score (nSPS) is 23.3. The molecule has 46 heavy (non-hydrogen) atoms. The molecule has 2 atom stereocenters. The number of likely N-dealkylation sites (tertiary alicyclic amines) is 2. The molecule has 1 saturated carbocycles. The minimum Gasteiger partial charge on any atom is -0.478 e. The summed E-state index contributed by atoms with van der Waals surface area (Å²) in [7, 11) is 0. The Morgan fingerprint density at radius 3 is 1.72 bits per heavy atom. The van der Waals surface area contributed by atoms with Gasteiger partial charge in [-0.05, 0) is 94.8 Å². The summed E-state index contributed by atoms with van der Waals surface area (Å²) < 4.78 is 63.5. The van der Waals surface area contributed by atoms with Gasteiger partial charge in [0.05, 0.1) is 5.56 Å². The lowest BCUT2D eigenvalue weighted by molar-refractivity contribution is -0.193. The first kappa shape index (κ1) is 38.3. The molecule has 1 aliphatic carbocycles. The van der Waals surface area contributed by atoms with Crippen molar-refractivity contribution in [3.8, 4) is 0 Å². The maximum absolute atomic E-state index is 13.5. The largest absolute Gasteiger partial charge is 0.490 e. The van der Waals surface area contributed by atoms with E-state index in [-0.39, 0.29) is 29.3 Å². The van der Waals surface area contributed by atoms with Crippen molar-refractivity contribution in [3.05, 3.63) is 29.8 Å². The van der Waals surface area contributed by atoms with Gasteiger partial charge in [-0.2, -0.15) is 26.3 Å². The van der Waals surface area contributed by atoms with Crippen molar-refractivity contribution in [2.45, 2.75) is 69.4 Å². The number of hydrogen-bond acceptors (Lipinski definition) is 7. The van der Waals surface area contributed by atoms with Crippen molar-refractivity contribution in [1.29, 1.82) is 0 Å². The van der Waals surface area contributed by atoms with Crippen LogP contribution in [0.2, 0.25) is 0 Å². The number of alkyl halides is 6. The second-order valence-electron chi connectivity index (χ2n) is 11.1. The third-order valence-electron chi connectivity index (χ3n) is 7.94. The monoisotopic (exact) mass is 670 g/mol. The van der Waals surface area contributed by atoms with Gasteiger partial charge in [0, 0.05) is 24.2 Å². The summed E-state index contributed by atoms with van der Waals surface area (Å²) in [6.07, 6.45) is -3.55. The van der Waals surface area contributed by atoms with Crippen LogP contribution in [0.3, 0.4) is 0 Å². The van der Waals surface area contributed by atoms with Gasteiger partial charge in [0.15, 0.2) is 0 Å². The number of aromatic carboxylic acids is 1. The number of carbonyl (C=O) groups excluding carboxylic acids is 2. The molecule has 258 valence electrons. The zero-order valence-electron chi connectivity index (χ0n) is 24.5. The molecule has 0 aromatic heterocycles. The van der Waals surface area contributed by atoms with Crippen LogP contribution in [0.15, 0.2) is 24.3 Å². The average molecular weight is 671 g/mol. The van der Waals surface area contributed by atoms with Gasteiger partial charge in [-0.3, -0.25) is 14.5 Å². The predicted molar refractivity (Wildman–Crippen MR) is 149 cm³/mol. The molecule has 0 bridgehead atoms. The Balaban J connectivity index is 0.000000440. The van der Waals surface area contributed by atoms with Crippen molar-refractivity contribution in [2.75, 3.05) is 31.5 Å². The van der Waals surface area contributed by atoms with Crippen LogP contribution in [0.25, 0.3) is 0 Å². The smallest absolute Gasteiger partial charge is 0.478 e. The second-order valence-corrected chi connectivity index (χ2v) is 11.1. The van der Waals surface area contributed by atoms with E-state index in [0.717, 1.165) is 38.8 Å². The van der Waals surface area contributed by atoms with Crippen LogP contribution in [-0.2, 0) is 19.2 Å². The number of hydrogen-bond donors (Lipinski definition) is 5. The van der Waals surface area contributed by atoms with Crippen LogP contribution in [0.5, 0.6) is 0 Å². The zero-order valence-corrected chi connectivity index (χ0v) is 24.5. The molecule has 2 amide bonds. The van der Waals surface area contributed by atoms with Crippen LogP contribution in [0, 0.1) is 11.8 Å². The van der Waals surface area contributed by atoms with Crippen molar-refractivity contribution in [1.82, 2.24) is 9.80 Å². The molecule has 3 aliphatic rings. The number of carboxylic acids is 3. The third-order valence-corrected chi connectivity index (χ3v) is 7.94. The molecule has 0 spiro atoms. The van der Waals surface area contributed by atoms with Gasteiger partial charge in [-0.15, -0.1) is 0 Å². The van der Waals surface area contributed by atoms with Gasteiger partial charge < -0.3 is 31.3 Å². The predicted octanol–water partition coefficient (Wildman–Crippen LogP) is 3.42. The lowest BCUT2D eigenvalue weighted by Crippen LogP contribution is -2.46. The second kappa shape index (κ2) is 16.6. The van der Waals surface area contributed by atoms with Gasteiger partial charge in [-0.25, -0.2) is 14.4 Å². The summed E-state index contributed by atoms with van der Waals surface area (Å²) in [4.78, 5) is 59.8. The Morgan fingerprint density at radius 2 is 1.30 bits per heavy atom. The first-order valence-corrected chi connectivity index (χ1v) is 14.3. The SMILES string of the molecule is NCC1CCC(C(=O)N2C[C@@H](N3CCCC3)C[C@H]2C(=O)Nc2ccc(C(=O)O)cc2)CC1.O=C(O)C(F)(F)F.O=C(O)C(F)(F)F. The number of aliphatic carboxylic acids is 2. The molecule has 12 nitrogen and oxygen atoms in total. The number of carboxylic acid groups (broad SMARTS) is 3. The molecular weight excluding hydrogens is 634 g/mol. The zero-order chi connectivity index (χ0) is 34.8. The van der Waals surface area contributed by atoms with E-state index in [1.807, 2.05) is 4.90 Å². The lowest BCUT2D eigenvalue weighted by atomic mass is 9.81. The fourth-order valence-corrected chi connectivity index (χ4v) is 5.48.